The third-order valence-electron chi connectivity index (χ3n) is 5.98. The number of aromatic nitrogens is 1. The number of anilines is 2. The van der Waals surface area contributed by atoms with Crippen molar-refractivity contribution in [3.8, 4) is 5.75 Å². The zero-order valence-electron chi connectivity index (χ0n) is 21.5. The minimum atomic E-state index is -0.948. The van der Waals surface area contributed by atoms with Gasteiger partial charge in [-0.05, 0) is 85.6 Å². The normalized spacial score (nSPS) is 10.8. The number of benzene rings is 3. The van der Waals surface area contributed by atoms with Crippen molar-refractivity contribution in [2.75, 3.05) is 22.7 Å². The first-order chi connectivity index (χ1) is 18.7. The SMILES string of the molecule is CCCCCOc1ccc(NC(=O)C(=O)Nn2c(C(=O)Nc3ccc(Br)cc3C)cc3cc(Cl)ccc32)cc1. The van der Waals surface area contributed by atoms with Crippen LogP contribution in [0.15, 0.2) is 71.2 Å². The van der Waals surface area contributed by atoms with Gasteiger partial charge in [0.15, 0.2) is 0 Å². The van der Waals surface area contributed by atoms with E-state index in [0.717, 1.165) is 29.3 Å². The Balaban J connectivity index is 1.50. The van der Waals surface area contributed by atoms with E-state index in [1.54, 1.807) is 54.6 Å². The lowest BCUT2D eigenvalue weighted by Crippen LogP contribution is -2.36. The van der Waals surface area contributed by atoms with E-state index in [9.17, 15) is 14.4 Å². The fourth-order valence-corrected chi connectivity index (χ4v) is 4.60. The fraction of sp³-hybridized carbons (Fsp3) is 0.207. The molecule has 8 nitrogen and oxygen atoms in total. The topological polar surface area (TPSA) is 101 Å². The smallest absolute Gasteiger partial charge is 0.328 e. The van der Waals surface area contributed by atoms with Crippen LogP contribution in [0.5, 0.6) is 5.75 Å². The maximum atomic E-state index is 13.3. The lowest BCUT2D eigenvalue weighted by atomic mass is 10.2. The molecule has 0 atom stereocenters. The first kappa shape index (κ1) is 28.2. The Labute approximate surface area is 239 Å². The van der Waals surface area contributed by atoms with Crippen molar-refractivity contribution in [3.63, 3.8) is 0 Å². The molecule has 3 aromatic carbocycles. The van der Waals surface area contributed by atoms with Crippen LogP contribution in [0.25, 0.3) is 10.9 Å². The highest BCUT2D eigenvalue weighted by Gasteiger charge is 2.21. The number of carbonyl (C=O) groups excluding carboxylic acids is 3. The number of nitrogens with zero attached hydrogens (tertiary/aromatic N) is 1. The largest absolute Gasteiger partial charge is 0.494 e. The highest BCUT2D eigenvalue weighted by Crippen LogP contribution is 2.25. The predicted molar refractivity (Wildman–Crippen MR) is 158 cm³/mol. The van der Waals surface area contributed by atoms with E-state index in [4.69, 9.17) is 16.3 Å². The van der Waals surface area contributed by atoms with Crippen molar-refractivity contribution in [3.05, 3.63) is 87.5 Å². The molecule has 4 aromatic rings. The summed E-state index contributed by atoms with van der Waals surface area (Å²) in [6, 6.07) is 18.8. The lowest BCUT2D eigenvalue weighted by Gasteiger charge is -2.14. The maximum absolute atomic E-state index is 13.3. The summed E-state index contributed by atoms with van der Waals surface area (Å²) in [5.74, 6) is -1.63. The fourth-order valence-electron chi connectivity index (χ4n) is 3.94. The van der Waals surface area contributed by atoms with Crippen LogP contribution in [0.3, 0.4) is 0 Å². The third-order valence-corrected chi connectivity index (χ3v) is 6.71. The van der Waals surface area contributed by atoms with Crippen molar-refractivity contribution in [1.29, 1.82) is 0 Å². The predicted octanol–water partition coefficient (Wildman–Crippen LogP) is 6.90. The Bertz CT molecular complexity index is 1520. The molecule has 0 radical (unpaired) electrons. The average molecular weight is 612 g/mol. The quantitative estimate of drug-likeness (QED) is 0.142. The Kier molecular flexibility index (Phi) is 9.27. The molecule has 0 aliphatic rings. The summed E-state index contributed by atoms with van der Waals surface area (Å²) >= 11 is 9.56. The van der Waals surface area contributed by atoms with E-state index >= 15 is 0 Å². The Hall–Kier alpha value is -3.82. The van der Waals surface area contributed by atoms with Gasteiger partial charge in [-0.2, -0.15) is 0 Å². The number of unbranched alkanes of at least 4 members (excludes halogenated alkanes) is 2. The molecule has 0 bridgehead atoms. The monoisotopic (exact) mass is 610 g/mol. The second-order valence-corrected chi connectivity index (χ2v) is 10.3. The molecule has 0 unspecified atom stereocenters. The van der Waals surface area contributed by atoms with Gasteiger partial charge in [-0.3, -0.25) is 19.8 Å². The lowest BCUT2D eigenvalue weighted by molar-refractivity contribution is -0.133. The summed E-state index contributed by atoms with van der Waals surface area (Å²) in [4.78, 5) is 38.9. The summed E-state index contributed by atoms with van der Waals surface area (Å²) in [6.45, 7) is 4.62. The molecule has 1 aromatic heterocycles. The van der Waals surface area contributed by atoms with Gasteiger partial charge in [0.2, 0.25) is 0 Å². The van der Waals surface area contributed by atoms with Gasteiger partial charge in [0.25, 0.3) is 5.91 Å². The van der Waals surface area contributed by atoms with Crippen LogP contribution >= 0.6 is 27.5 Å². The number of rotatable bonds is 9. The summed E-state index contributed by atoms with van der Waals surface area (Å²) < 4.78 is 7.85. The van der Waals surface area contributed by atoms with Crippen molar-refractivity contribution in [1.82, 2.24) is 4.68 Å². The number of carbonyl (C=O) groups is 3. The highest BCUT2D eigenvalue weighted by molar-refractivity contribution is 9.10. The van der Waals surface area contributed by atoms with Crippen LogP contribution in [-0.4, -0.2) is 29.0 Å². The van der Waals surface area contributed by atoms with E-state index in [1.165, 1.54) is 4.68 Å². The number of fused-ring (bicyclic) bond motifs is 1. The van der Waals surface area contributed by atoms with E-state index in [1.807, 2.05) is 19.1 Å². The number of hydrogen-bond acceptors (Lipinski definition) is 4. The van der Waals surface area contributed by atoms with Gasteiger partial charge in [-0.15, -0.1) is 0 Å². The van der Waals surface area contributed by atoms with Crippen LogP contribution in [0.4, 0.5) is 11.4 Å². The number of halogens is 2. The summed E-state index contributed by atoms with van der Waals surface area (Å²) in [6.07, 6.45) is 3.18. The first-order valence-corrected chi connectivity index (χ1v) is 13.7. The molecule has 202 valence electrons. The number of nitrogens with one attached hydrogen (secondary N) is 3. The molecule has 0 fully saturated rings. The number of amides is 3. The van der Waals surface area contributed by atoms with E-state index in [-0.39, 0.29) is 5.69 Å². The molecule has 0 aliphatic carbocycles. The van der Waals surface area contributed by atoms with E-state index < -0.39 is 17.7 Å². The van der Waals surface area contributed by atoms with E-state index in [0.29, 0.717) is 39.7 Å². The van der Waals surface area contributed by atoms with Crippen molar-refractivity contribution < 1.29 is 19.1 Å². The first-order valence-electron chi connectivity index (χ1n) is 12.5. The van der Waals surface area contributed by atoms with Crippen molar-refractivity contribution in [2.24, 2.45) is 0 Å². The molecule has 0 saturated heterocycles. The van der Waals surface area contributed by atoms with Crippen molar-refractivity contribution in [2.45, 2.75) is 33.1 Å². The molecule has 4 rings (SSSR count). The number of aryl methyl sites for hydroxylation is 1. The minimum Gasteiger partial charge on any atom is -0.494 e. The second kappa shape index (κ2) is 12.8. The Morgan fingerprint density at radius 3 is 2.41 bits per heavy atom. The molecule has 10 heteroatoms. The molecule has 39 heavy (non-hydrogen) atoms. The Morgan fingerprint density at radius 1 is 0.923 bits per heavy atom. The molecular formula is C29H28BrClN4O4. The number of ether oxygens (including phenoxy) is 1. The van der Waals surface area contributed by atoms with Gasteiger partial charge in [-0.25, -0.2) is 4.68 Å². The molecular weight excluding hydrogens is 584 g/mol. The zero-order chi connectivity index (χ0) is 27.9. The molecule has 0 saturated carbocycles. The van der Waals surface area contributed by atoms with Crippen molar-refractivity contribution >= 4 is 67.5 Å². The van der Waals surface area contributed by atoms with Crippen LogP contribution in [0, 0.1) is 6.92 Å². The standard InChI is InChI=1S/C29H28BrClN4O4/c1-3-4-5-14-39-23-10-8-22(9-11-23)32-28(37)29(38)34-35-25-13-7-21(31)16-19(25)17-26(35)27(36)33-24-12-6-20(30)15-18(24)2/h6-13,15-17H,3-5,14H2,1-2H3,(H,32,37)(H,33,36)(H,34,38). The van der Waals surface area contributed by atoms with E-state index in [2.05, 4.69) is 38.9 Å². The summed E-state index contributed by atoms with van der Waals surface area (Å²) in [5.41, 5.74) is 5.07. The highest BCUT2D eigenvalue weighted by atomic mass is 79.9. The molecule has 0 aliphatic heterocycles. The molecule has 0 spiro atoms. The van der Waals surface area contributed by atoms with Crippen LogP contribution in [0.2, 0.25) is 5.02 Å². The molecule has 3 N–H and O–H groups in total. The molecule has 1 heterocycles. The van der Waals surface area contributed by atoms with Gasteiger partial charge in [0.1, 0.15) is 11.4 Å². The van der Waals surface area contributed by atoms with Crippen LogP contribution < -0.4 is 20.8 Å². The van der Waals surface area contributed by atoms with Gasteiger partial charge in [0.05, 0.1) is 12.1 Å². The van der Waals surface area contributed by atoms with Gasteiger partial charge in [0, 0.05) is 26.3 Å². The Morgan fingerprint density at radius 2 is 1.69 bits per heavy atom. The van der Waals surface area contributed by atoms with Gasteiger partial charge < -0.3 is 15.4 Å². The van der Waals surface area contributed by atoms with Crippen LogP contribution in [0.1, 0.15) is 42.2 Å². The van der Waals surface area contributed by atoms with Crippen LogP contribution in [-0.2, 0) is 9.59 Å². The summed E-state index contributed by atoms with van der Waals surface area (Å²) in [5, 5.41) is 6.52. The molecule has 3 amide bonds. The average Bonchev–Trinajstić information content (AvgIpc) is 3.26. The number of hydrogen-bond donors (Lipinski definition) is 3. The van der Waals surface area contributed by atoms with Gasteiger partial charge >= 0.3 is 11.8 Å². The maximum Gasteiger partial charge on any atom is 0.328 e. The van der Waals surface area contributed by atoms with Gasteiger partial charge in [-0.1, -0.05) is 47.3 Å². The second-order valence-electron chi connectivity index (χ2n) is 8.96. The minimum absolute atomic E-state index is 0.125. The zero-order valence-corrected chi connectivity index (χ0v) is 23.9. The summed E-state index contributed by atoms with van der Waals surface area (Å²) in [7, 11) is 0. The third kappa shape index (κ3) is 7.19.